The second-order valence-corrected chi connectivity index (χ2v) is 4.98. The molecule has 110 valence electrons. The standard InChI is InChI=1S/C16H17ClN2O2/c1-11-2-7-14(17)15(10-11)21-9-8-20-13-5-3-12(4-6-13)16(18)19/h2-7,10H,8-9H2,1H3,(H3,18,19). The van der Waals surface area contributed by atoms with Crippen molar-refractivity contribution in [3.8, 4) is 11.5 Å². The van der Waals surface area contributed by atoms with Crippen LogP contribution in [0.1, 0.15) is 11.1 Å². The van der Waals surface area contributed by atoms with E-state index in [1.165, 1.54) is 0 Å². The van der Waals surface area contributed by atoms with E-state index in [0.717, 1.165) is 5.56 Å². The molecule has 0 amide bonds. The molecule has 21 heavy (non-hydrogen) atoms. The van der Waals surface area contributed by atoms with Crippen LogP contribution in [0.3, 0.4) is 0 Å². The van der Waals surface area contributed by atoms with Gasteiger partial charge in [-0.25, -0.2) is 0 Å². The fraction of sp³-hybridized carbons (Fsp3) is 0.188. The fourth-order valence-electron chi connectivity index (χ4n) is 1.76. The van der Waals surface area contributed by atoms with Crippen LogP contribution in [0.5, 0.6) is 11.5 Å². The Morgan fingerprint density at radius 3 is 2.43 bits per heavy atom. The van der Waals surface area contributed by atoms with Gasteiger partial charge in [0.05, 0.1) is 5.02 Å². The number of hydrogen-bond donors (Lipinski definition) is 2. The van der Waals surface area contributed by atoms with E-state index < -0.39 is 0 Å². The molecule has 0 aliphatic carbocycles. The Kier molecular flexibility index (Phi) is 5.06. The number of ether oxygens (including phenoxy) is 2. The van der Waals surface area contributed by atoms with Crippen LogP contribution in [-0.2, 0) is 0 Å². The normalized spacial score (nSPS) is 10.2. The van der Waals surface area contributed by atoms with E-state index in [0.29, 0.717) is 35.3 Å². The monoisotopic (exact) mass is 304 g/mol. The zero-order valence-corrected chi connectivity index (χ0v) is 12.5. The molecule has 2 aromatic carbocycles. The number of nitrogen functional groups attached to an aromatic ring is 1. The summed E-state index contributed by atoms with van der Waals surface area (Å²) in [5.41, 5.74) is 7.15. The van der Waals surface area contributed by atoms with Crippen molar-refractivity contribution in [3.05, 3.63) is 58.6 Å². The van der Waals surface area contributed by atoms with Gasteiger partial charge < -0.3 is 15.2 Å². The smallest absolute Gasteiger partial charge is 0.138 e. The second-order valence-electron chi connectivity index (χ2n) is 4.57. The number of halogens is 1. The Morgan fingerprint density at radius 2 is 1.76 bits per heavy atom. The summed E-state index contributed by atoms with van der Waals surface area (Å²) in [7, 11) is 0. The predicted molar refractivity (Wildman–Crippen MR) is 84.6 cm³/mol. The maximum Gasteiger partial charge on any atom is 0.138 e. The highest BCUT2D eigenvalue weighted by Gasteiger charge is 2.02. The lowest BCUT2D eigenvalue weighted by Crippen LogP contribution is -2.11. The lowest BCUT2D eigenvalue weighted by Gasteiger charge is -2.10. The SMILES string of the molecule is Cc1ccc(Cl)c(OCCOc2ccc(C(=N)N)cc2)c1. The molecular weight excluding hydrogens is 288 g/mol. The van der Waals surface area contributed by atoms with Crippen LogP contribution in [0, 0.1) is 12.3 Å². The minimum atomic E-state index is 0.0407. The highest BCUT2D eigenvalue weighted by Crippen LogP contribution is 2.25. The van der Waals surface area contributed by atoms with Crippen molar-refractivity contribution < 1.29 is 9.47 Å². The van der Waals surface area contributed by atoms with E-state index in [2.05, 4.69) is 0 Å². The van der Waals surface area contributed by atoms with Gasteiger partial charge in [0, 0.05) is 5.56 Å². The van der Waals surface area contributed by atoms with E-state index in [1.54, 1.807) is 24.3 Å². The Balaban J connectivity index is 1.81. The molecule has 5 heteroatoms. The summed E-state index contributed by atoms with van der Waals surface area (Å²) in [6.45, 7) is 2.79. The van der Waals surface area contributed by atoms with Crippen LogP contribution >= 0.6 is 11.6 Å². The van der Waals surface area contributed by atoms with Gasteiger partial charge in [-0.3, -0.25) is 5.41 Å². The van der Waals surface area contributed by atoms with Gasteiger partial charge in [0.1, 0.15) is 30.5 Å². The van der Waals surface area contributed by atoms with Gasteiger partial charge in [-0.1, -0.05) is 17.7 Å². The van der Waals surface area contributed by atoms with Crippen molar-refractivity contribution in [1.29, 1.82) is 5.41 Å². The van der Waals surface area contributed by atoms with Gasteiger partial charge in [-0.2, -0.15) is 0 Å². The summed E-state index contributed by atoms with van der Waals surface area (Å²) in [6, 6.07) is 12.7. The molecule has 0 saturated carbocycles. The molecule has 0 radical (unpaired) electrons. The first kappa shape index (κ1) is 15.2. The average Bonchev–Trinajstić information content (AvgIpc) is 2.47. The molecule has 2 aromatic rings. The number of hydrogen-bond acceptors (Lipinski definition) is 3. The molecule has 0 spiro atoms. The van der Waals surface area contributed by atoms with E-state index >= 15 is 0 Å². The first-order chi connectivity index (χ1) is 10.1. The van der Waals surface area contributed by atoms with E-state index in [9.17, 15) is 0 Å². The van der Waals surface area contributed by atoms with Gasteiger partial charge in [0.2, 0.25) is 0 Å². The van der Waals surface area contributed by atoms with Crippen molar-refractivity contribution in [2.45, 2.75) is 6.92 Å². The zero-order chi connectivity index (χ0) is 15.2. The van der Waals surface area contributed by atoms with Crippen LogP contribution < -0.4 is 15.2 Å². The summed E-state index contributed by atoms with van der Waals surface area (Å²) < 4.78 is 11.1. The first-order valence-electron chi connectivity index (χ1n) is 6.52. The maximum absolute atomic E-state index is 7.31. The lowest BCUT2D eigenvalue weighted by atomic mass is 10.2. The Bertz CT molecular complexity index is 627. The summed E-state index contributed by atoms with van der Waals surface area (Å²) in [4.78, 5) is 0. The first-order valence-corrected chi connectivity index (χ1v) is 6.90. The summed E-state index contributed by atoms with van der Waals surface area (Å²) in [6.07, 6.45) is 0. The third-order valence-corrected chi connectivity index (χ3v) is 3.17. The molecule has 0 aromatic heterocycles. The molecule has 0 atom stereocenters. The molecule has 0 aliphatic rings. The van der Waals surface area contributed by atoms with Gasteiger partial charge in [-0.15, -0.1) is 0 Å². The Morgan fingerprint density at radius 1 is 1.10 bits per heavy atom. The van der Waals surface area contributed by atoms with Crippen molar-refractivity contribution in [1.82, 2.24) is 0 Å². The van der Waals surface area contributed by atoms with Crippen molar-refractivity contribution in [3.63, 3.8) is 0 Å². The molecule has 3 N–H and O–H groups in total. The van der Waals surface area contributed by atoms with E-state index in [4.69, 9.17) is 32.2 Å². The summed E-state index contributed by atoms with van der Waals surface area (Å²) in [5.74, 6) is 1.41. The van der Waals surface area contributed by atoms with E-state index in [-0.39, 0.29) is 5.84 Å². The molecule has 0 bridgehead atoms. The highest BCUT2D eigenvalue weighted by molar-refractivity contribution is 6.32. The van der Waals surface area contributed by atoms with Gasteiger partial charge >= 0.3 is 0 Å². The van der Waals surface area contributed by atoms with Crippen LogP contribution in [-0.4, -0.2) is 19.0 Å². The fourth-order valence-corrected chi connectivity index (χ4v) is 1.94. The summed E-state index contributed by atoms with van der Waals surface area (Å²) in [5, 5.41) is 7.90. The van der Waals surface area contributed by atoms with Gasteiger partial charge in [-0.05, 0) is 48.9 Å². The van der Waals surface area contributed by atoms with Gasteiger partial charge in [0.15, 0.2) is 0 Å². The van der Waals surface area contributed by atoms with Gasteiger partial charge in [0.25, 0.3) is 0 Å². The quantitative estimate of drug-likeness (QED) is 0.488. The predicted octanol–water partition coefficient (Wildman–Crippen LogP) is 3.39. The number of nitrogens with two attached hydrogens (primary N) is 1. The van der Waals surface area contributed by atoms with Crippen LogP contribution in [0.2, 0.25) is 5.02 Å². The number of rotatable bonds is 6. The Labute approximate surface area is 129 Å². The van der Waals surface area contributed by atoms with E-state index in [1.807, 2.05) is 25.1 Å². The molecule has 0 heterocycles. The van der Waals surface area contributed by atoms with Crippen molar-refractivity contribution in [2.75, 3.05) is 13.2 Å². The van der Waals surface area contributed by atoms with Crippen LogP contribution in [0.25, 0.3) is 0 Å². The second kappa shape index (κ2) is 6.99. The minimum absolute atomic E-state index is 0.0407. The third-order valence-electron chi connectivity index (χ3n) is 2.86. The number of benzene rings is 2. The van der Waals surface area contributed by atoms with Crippen molar-refractivity contribution in [2.24, 2.45) is 5.73 Å². The number of nitrogens with one attached hydrogen (secondary N) is 1. The average molecular weight is 305 g/mol. The Hall–Kier alpha value is -2.20. The number of amidine groups is 1. The molecule has 2 rings (SSSR count). The molecule has 0 saturated heterocycles. The highest BCUT2D eigenvalue weighted by atomic mass is 35.5. The largest absolute Gasteiger partial charge is 0.490 e. The van der Waals surface area contributed by atoms with Crippen molar-refractivity contribution >= 4 is 17.4 Å². The molecule has 0 unspecified atom stereocenters. The maximum atomic E-state index is 7.31. The molecule has 0 fully saturated rings. The molecule has 4 nitrogen and oxygen atoms in total. The summed E-state index contributed by atoms with van der Waals surface area (Å²) >= 11 is 6.04. The lowest BCUT2D eigenvalue weighted by molar-refractivity contribution is 0.217. The molecule has 0 aliphatic heterocycles. The topological polar surface area (TPSA) is 68.3 Å². The zero-order valence-electron chi connectivity index (χ0n) is 11.7. The number of aryl methyl sites for hydroxylation is 1. The van der Waals surface area contributed by atoms with Crippen LogP contribution in [0.4, 0.5) is 0 Å². The molecular formula is C16H17ClN2O2. The minimum Gasteiger partial charge on any atom is -0.490 e. The third kappa shape index (κ3) is 4.39. The van der Waals surface area contributed by atoms with Crippen LogP contribution in [0.15, 0.2) is 42.5 Å².